The Hall–Kier alpha value is -1.95. The van der Waals surface area contributed by atoms with Crippen molar-refractivity contribution in [2.75, 3.05) is 6.79 Å². The highest BCUT2D eigenvalue weighted by Crippen LogP contribution is 2.39. The number of carbonyl (C=O) groups excluding carboxylic acids is 2. The van der Waals surface area contributed by atoms with E-state index in [1.807, 2.05) is 0 Å². The smallest absolute Gasteiger partial charge is 0.339 e. The lowest BCUT2D eigenvalue weighted by atomic mass is 10.2. The summed E-state index contributed by atoms with van der Waals surface area (Å²) >= 11 is 6.04. The molecule has 0 saturated heterocycles. The lowest BCUT2D eigenvalue weighted by Crippen LogP contribution is -2.40. The van der Waals surface area contributed by atoms with Crippen LogP contribution in [0.15, 0.2) is 12.1 Å². The van der Waals surface area contributed by atoms with Crippen LogP contribution in [0.4, 0.5) is 0 Å². The minimum atomic E-state index is -0.868. The van der Waals surface area contributed by atoms with Gasteiger partial charge in [-0.25, -0.2) is 4.79 Å². The van der Waals surface area contributed by atoms with Crippen molar-refractivity contribution in [2.45, 2.75) is 44.8 Å². The largest absolute Gasteiger partial charge is 0.454 e. The van der Waals surface area contributed by atoms with Crippen molar-refractivity contribution >= 4 is 23.5 Å². The summed E-state index contributed by atoms with van der Waals surface area (Å²) in [6.45, 7) is 1.62. The fraction of sp³-hybridized carbons (Fsp3) is 0.500. The summed E-state index contributed by atoms with van der Waals surface area (Å²) in [6, 6.07) is 3.13. The molecule has 124 valence electrons. The quantitative estimate of drug-likeness (QED) is 0.854. The van der Waals surface area contributed by atoms with Crippen LogP contribution in [0, 0.1) is 0 Å². The van der Waals surface area contributed by atoms with Gasteiger partial charge in [-0.1, -0.05) is 24.4 Å². The normalized spacial score (nSPS) is 17.8. The van der Waals surface area contributed by atoms with Gasteiger partial charge in [0.2, 0.25) is 6.79 Å². The SMILES string of the molecule is C[C@H](OC(=O)c1cc(Cl)c2c(c1)OCO2)C(=O)NC1CCCC1. The number of carbonyl (C=O) groups is 2. The number of nitrogens with one attached hydrogen (secondary N) is 1. The summed E-state index contributed by atoms with van der Waals surface area (Å²) in [4.78, 5) is 24.3. The van der Waals surface area contributed by atoms with Gasteiger partial charge in [-0.05, 0) is 31.9 Å². The zero-order chi connectivity index (χ0) is 16.4. The zero-order valence-electron chi connectivity index (χ0n) is 12.8. The highest BCUT2D eigenvalue weighted by atomic mass is 35.5. The van der Waals surface area contributed by atoms with E-state index < -0.39 is 12.1 Å². The van der Waals surface area contributed by atoms with Crippen LogP contribution in [0.25, 0.3) is 0 Å². The molecular weight excluding hydrogens is 322 g/mol. The van der Waals surface area contributed by atoms with Crippen LogP contribution < -0.4 is 14.8 Å². The molecule has 0 spiro atoms. The van der Waals surface area contributed by atoms with E-state index in [1.54, 1.807) is 6.92 Å². The second-order valence-electron chi connectivity index (χ2n) is 5.73. The van der Waals surface area contributed by atoms with Crippen molar-refractivity contribution in [2.24, 2.45) is 0 Å². The van der Waals surface area contributed by atoms with Crippen LogP contribution in [-0.2, 0) is 9.53 Å². The van der Waals surface area contributed by atoms with Gasteiger partial charge in [0.15, 0.2) is 17.6 Å². The molecule has 1 N–H and O–H groups in total. The third kappa shape index (κ3) is 3.52. The van der Waals surface area contributed by atoms with E-state index in [1.165, 1.54) is 12.1 Å². The molecular formula is C16H18ClNO5. The first kappa shape index (κ1) is 15.9. The maximum Gasteiger partial charge on any atom is 0.339 e. The third-order valence-electron chi connectivity index (χ3n) is 4.02. The molecule has 3 rings (SSSR count). The summed E-state index contributed by atoms with van der Waals surface area (Å²) in [5.74, 6) is -0.0980. The van der Waals surface area contributed by atoms with E-state index in [0.717, 1.165) is 25.7 Å². The maximum atomic E-state index is 12.2. The number of rotatable bonds is 4. The second kappa shape index (κ2) is 6.66. The van der Waals surface area contributed by atoms with Crippen molar-refractivity contribution in [1.29, 1.82) is 0 Å². The second-order valence-corrected chi connectivity index (χ2v) is 6.14. The number of halogens is 1. The average molecular weight is 340 g/mol. The van der Waals surface area contributed by atoms with E-state index in [9.17, 15) is 9.59 Å². The van der Waals surface area contributed by atoms with Crippen LogP contribution in [-0.4, -0.2) is 30.8 Å². The Morgan fingerprint density at radius 2 is 2.04 bits per heavy atom. The van der Waals surface area contributed by atoms with Crippen LogP contribution in [0.1, 0.15) is 43.0 Å². The van der Waals surface area contributed by atoms with Gasteiger partial charge in [0, 0.05) is 6.04 Å². The van der Waals surface area contributed by atoms with Gasteiger partial charge >= 0.3 is 5.97 Å². The Morgan fingerprint density at radius 3 is 2.78 bits per heavy atom. The molecule has 1 saturated carbocycles. The predicted octanol–water partition coefficient (Wildman–Crippen LogP) is 2.67. The summed E-state index contributed by atoms with van der Waals surface area (Å²) in [5, 5.41) is 3.17. The molecule has 1 heterocycles. The average Bonchev–Trinajstić information content (AvgIpc) is 3.18. The van der Waals surface area contributed by atoms with Crippen molar-refractivity contribution in [3.05, 3.63) is 22.7 Å². The van der Waals surface area contributed by atoms with Gasteiger partial charge in [-0.2, -0.15) is 0 Å². The van der Waals surface area contributed by atoms with Gasteiger partial charge in [0.05, 0.1) is 10.6 Å². The highest BCUT2D eigenvalue weighted by Gasteiger charge is 2.25. The molecule has 0 radical (unpaired) electrons. The molecule has 0 aromatic heterocycles. The molecule has 2 aliphatic rings. The molecule has 23 heavy (non-hydrogen) atoms. The fourth-order valence-electron chi connectivity index (χ4n) is 2.76. The minimum Gasteiger partial charge on any atom is -0.454 e. The third-order valence-corrected chi connectivity index (χ3v) is 4.30. The number of benzene rings is 1. The van der Waals surface area contributed by atoms with Crippen molar-refractivity contribution in [1.82, 2.24) is 5.32 Å². The fourth-order valence-corrected chi connectivity index (χ4v) is 3.02. The van der Waals surface area contributed by atoms with Gasteiger partial charge in [0.25, 0.3) is 5.91 Å². The Labute approximate surface area is 139 Å². The highest BCUT2D eigenvalue weighted by molar-refractivity contribution is 6.32. The van der Waals surface area contributed by atoms with E-state index >= 15 is 0 Å². The molecule has 1 fully saturated rings. The van der Waals surface area contributed by atoms with E-state index in [0.29, 0.717) is 11.5 Å². The molecule has 1 aromatic carbocycles. The molecule has 1 aromatic rings. The molecule has 0 unspecified atom stereocenters. The molecule has 1 aliphatic heterocycles. The van der Waals surface area contributed by atoms with E-state index in [4.69, 9.17) is 25.8 Å². The summed E-state index contributed by atoms with van der Waals surface area (Å²) in [7, 11) is 0. The number of esters is 1. The molecule has 6 nitrogen and oxygen atoms in total. The lowest BCUT2D eigenvalue weighted by molar-refractivity contribution is -0.129. The predicted molar refractivity (Wildman–Crippen MR) is 82.9 cm³/mol. The van der Waals surface area contributed by atoms with Gasteiger partial charge < -0.3 is 19.5 Å². The minimum absolute atomic E-state index is 0.0632. The number of hydrogen-bond donors (Lipinski definition) is 1. The van der Waals surface area contributed by atoms with E-state index in [-0.39, 0.29) is 29.3 Å². The van der Waals surface area contributed by atoms with Gasteiger partial charge in [-0.3, -0.25) is 4.79 Å². The zero-order valence-corrected chi connectivity index (χ0v) is 13.5. The first-order chi connectivity index (χ1) is 11.0. The summed E-state index contributed by atoms with van der Waals surface area (Å²) in [6.07, 6.45) is 3.32. The Bertz CT molecular complexity index is 627. The van der Waals surface area contributed by atoms with Crippen molar-refractivity contribution < 1.29 is 23.8 Å². The van der Waals surface area contributed by atoms with Gasteiger partial charge in [0.1, 0.15) is 0 Å². The standard InChI is InChI=1S/C16H18ClNO5/c1-9(15(19)18-11-4-2-3-5-11)23-16(20)10-6-12(17)14-13(7-10)21-8-22-14/h6-7,9,11H,2-5,8H2,1H3,(H,18,19)/t9-/m0/s1. The van der Waals surface area contributed by atoms with Crippen LogP contribution in [0.3, 0.4) is 0 Å². The molecule has 0 bridgehead atoms. The number of amides is 1. The van der Waals surface area contributed by atoms with Crippen LogP contribution >= 0.6 is 11.6 Å². The van der Waals surface area contributed by atoms with Crippen LogP contribution in [0.2, 0.25) is 5.02 Å². The molecule has 7 heteroatoms. The summed E-state index contributed by atoms with van der Waals surface area (Å²) < 4.78 is 15.6. The molecule has 1 amide bonds. The Kier molecular flexibility index (Phi) is 4.61. The lowest BCUT2D eigenvalue weighted by Gasteiger charge is -2.17. The molecule has 1 aliphatic carbocycles. The van der Waals surface area contributed by atoms with Crippen molar-refractivity contribution in [3.63, 3.8) is 0 Å². The molecule has 1 atom stereocenters. The summed E-state index contributed by atoms with van der Waals surface area (Å²) in [5.41, 5.74) is 0.222. The first-order valence-electron chi connectivity index (χ1n) is 7.65. The Balaban J connectivity index is 1.62. The number of ether oxygens (including phenoxy) is 3. The Morgan fingerprint density at radius 1 is 1.30 bits per heavy atom. The van der Waals surface area contributed by atoms with Crippen molar-refractivity contribution in [3.8, 4) is 11.5 Å². The monoisotopic (exact) mass is 339 g/mol. The first-order valence-corrected chi connectivity index (χ1v) is 8.03. The number of hydrogen-bond acceptors (Lipinski definition) is 5. The van der Waals surface area contributed by atoms with E-state index in [2.05, 4.69) is 5.32 Å². The maximum absolute atomic E-state index is 12.2. The number of fused-ring (bicyclic) bond motifs is 1. The van der Waals surface area contributed by atoms with Gasteiger partial charge in [-0.15, -0.1) is 0 Å². The van der Waals surface area contributed by atoms with Crippen LogP contribution in [0.5, 0.6) is 11.5 Å². The topological polar surface area (TPSA) is 73.9 Å².